The minimum absolute atomic E-state index is 0.291. The van der Waals surface area contributed by atoms with Gasteiger partial charge in [0.25, 0.3) is 0 Å². The van der Waals surface area contributed by atoms with Gasteiger partial charge in [-0.3, -0.25) is 0 Å². The molecular weight excluding hydrogens is 414 g/mol. The molecule has 24 heavy (non-hydrogen) atoms. The Morgan fingerprint density at radius 3 is 2.42 bits per heavy atom. The van der Waals surface area contributed by atoms with Crippen molar-refractivity contribution in [3.63, 3.8) is 0 Å². The van der Waals surface area contributed by atoms with Crippen molar-refractivity contribution in [1.29, 1.82) is 0 Å². The summed E-state index contributed by atoms with van der Waals surface area (Å²) in [6.45, 7) is 8.95. The van der Waals surface area contributed by atoms with Crippen LogP contribution in [0.25, 0.3) is 17.2 Å². The maximum absolute atomic E-state index is 6.49. The summed E-state index contributed by atoms with van der Waals surface area (Å²) in [6, 6.07) is 13.3. The van der Waals surface area contributed by atoms with Crippen molar-refractivity contribution in [3.8, 4) is 11.1 Å². The van der Waals surface area contributed by atoms with Crippen molar-refractivity contribution in [2.24, 2.45) is 0 Å². The van der Waals surface area contributed by atoms with Gasteiger partial charge in [-0.15, -0.1) is 0 Å². The van der Waals surface area contributed by atoms with E-state index in [0.717, 1.165) is 6.42 Å². The van der Waals surface area contributed by atoms with Crippen LogP contribution in [0, 0.1) is 0 Å². The van der Waals surface area contributed by atoms with Crippen LogP contribution in [0.3, 0.4) is 0 Å². The monoisotopic (exact) mass is 435 g/mol. The molecule has 3 heteroatoms. The standard InChI is InChI=1S/C21H23.2ClH.Zr/c1-5-16-8-6-7-9-19(16)21-18(14(2)3)11-10-17-12-15(4)13-20(17)21;;;/h6-14H,5H2,1-4H3;2*1H;/q;;;+2/p-2. The Balaban J connectivity index is 2.33. The fourth-order valence-electron chi connectivity index (χ4n) is 3.76. The third kappa shape index (κ3) is 3.21. The second kappa shape index (κ2) is 7.49. The third-order valence-corrected chi connectivity index (χ3v) is 10.5. The van der Waals surface area contributed by atoms with E-state index in [4.69, 9.17) is 17.0 Å². The molecule has 0 nitrogen and oxygen atoms in total. The zero-order valence-corrected chi connectivity index (χ0v) is 18.6. The minimum atomic E-state index is -2.40. The summed E-state index contributed by atoms with van der Waals surface area (Å²) in [4.78, 5) is 0. The molecule has 3 rings (SSSR count). The van der Waals surface area contributed by atoms with Gasteiger partial charge in [0.15, 0.2) is 0 Å². The number of benzene rings is 2. The molecule has 1 unspecified atom stereocenters. The molecule has 2 aromatic rings. The van der Waals surface area contributed by atoms with Crippen LogP contribution in [-0.4, -0.2) is 0 Å². The van der Waals surface area contributed by atoms with E-state index in [0.29, 0.717) is 9.54 Å². The number of aryl methyl sites for hydroxylation is 1. The third-order valence-electron chi connectivity index (χ3n) is 4.96. The van der Waals surface area contributed by atoms with E-state index in [2.05, 4.69) is 70.2 Å². The number of hydrogen-bond donors (Lipinski definition) is 0. The normalized spacial score (nSPS) is 16.3. The first-order chi connectivity index (χ1) is 11.5. The van der Waals surface area contributed by atoms with Gasteiger partial charge in [0.05, 0.1) is 0 Å². The van der Waals surface area contributed by atoms with Gasteiger partial charge in [-0.25, -0.2) is 0 Å². The Kier molecular flexibility index (Phi) is 5.75. The van der Waals surface area contributed by atoms with E-state index in [1.54, 1.807) is 0 Å². The second-order valence-electron chi connectivity index (χ2n) is 6.81. The molecule has 0 fully saturated rings. The van der Waals surface area contributed by atoms with E-state index < -0.39 is 19.4 Å². The molecule has 0 amide bonds. The molecule has 1 aliphatic carbocycles. The maximum atomic E-state index is 6.49. The van der Waals surface area contributed by atoms with Crippen LogP contribution in [0.1, 0.15) is 59.5 Å². The predicted molar refractivity (Wildman–Crippen MR) is 103 cm³/mol. The van der Waals surface area contributed by atoms with Crippen LogP contribution in [-0.2, 0) is 25.8 Å². The molecule has 0 N–H and O–H groups in total. The Bertz CT molecular complexity index is 790. The summed E-state index contributed by atoms with van der Waals surface area (Å²) in [5, 5.41) is 0. The molecule has 0 radical (unpaired) electrons. The first-order valence-electron chi connectivity index (χ1n) is 8.56. The molecule has 0 aromatic heterocycles. The fourth-order valence-corrected chi connectivity index (χ4v) is 9.43. The van der Waals surface area contributed by atoms with Crippen molar-refractivity contribution in [2.75, 3.05) is 0 Å². The van der Waals surface area contributed by atoms with Crippen LogP contribution in [0.4, 0.5) is 0 Å². The van der Waals surface area contributed by atoms with Gasteiger partial charge >= 0.3 is 161 Å². The zero-order valence-electron chi connectivity index (χ0n) is 14.7. The zero-order chi connectivity index (χ0) is 17.4. The number of rotatable bonds is 4. The summed E-state index contributed by atoms with van der Waals surface area (Å²) in [6.07, 6.45) is 3.37. The summed E-state index contributed by atoms with van der Waals surface area (Å²) in [5.41, 5.74) is 9.59. The first kappa shape index (κ1) is 18.4. The SMILES string of the molecule is CCc1ccccc1-c1c(C(C)C)ccc2c1C=C(C)[CH]2[Zr]([Cl])[Cl]. The molecular formula is C21H23Cl2Zr. The molecule has 0 bridgehead atoms. The Morgan fingerprint density at radius 1 is 1.08 bits per heavy atom. The van der Waals surface area contributed by atoms with Gasteiger partial charge in [0, 0.05) is 0 Å². The molecule has 2 aromatic carbocycles. The second-order valence-corrected chi connectivity index (χ2v) is 15.6. The molecule has 1 atom stereocenters. The summed E-state index contributed by atoms with van der Waals surface area (Å²) in [5.74, 6) is 0.480. The van der Waals surface area contributed by atoms with Crippen molar-refractivity contribution < 1.29 is 19.4 Å². The molecule has 0 saturated carbocycles. The van der Waals surface area contributed by atoms with Crippen molar-refractivity contribution in [3.05, 3.63) is 64.2 Å². The van der Waals surface area contributed by atoms with Crippen molar-refractivity contribution in [1.82, 2.24) is 0 Å². The van der Waals surface area contributed by atoms with Crippen molar-refractivity contribution >= 4 is 23.1 Å². The van der Waals surface area contributed by atoms with Gasteiger partial charge in [-0.2, -0.15) is 0 Å². The van der Waals surface area contributed by atoms with E-state index in [-0.39, 0.29) is 0 Å². The topological polar surface area (TPSA) is 0 Å². The van der Waals surface area contributed by atoms with Crippen LogP contribution in [0.5, 0.6) is 0 Å². The van der Waals surface area contributed by atoms with Gasteiger partial charge in [-0.1, -0.05) is 0 Å². The molecule has 0 saturated heterocycles. The molecule has 0 aliphatic heterocycles. The molecule has 0 heterocycles. The average Bonchev–Trinajstić information content (AvgIpc) is 2.89. The van der Waals surface area contributed by atoms with Gasteiger partial charge in [-0.05, 0) is 0 Å². The number of allylic oxidation sites excluding steroid dienone is 1. The molecule has 0 spiro atoms. The first-order valence-corrected chi connectivity index (χ1v) is 16.3. The van der Waals surface area contributed by atoms with Gasteiger partial charge < -0.3 is 0 Å². The fraction of sp³-hybridized carbons (Fsp3) is 0.333. The van der Waals surface area contributed by atoms with E-state index >= 15 is 0 Å². The van der Waals surface area contributed by atoms with Crippen LogP contribution in [0.2, 0.25) is 0 Å². The van der Waals surface area contributed by atoms with Crippen molar-refractivity contribution in [2.45, 2.75) is 43.7 Å². The summed E-state index contributed by atoms with van der Waals surface area (Å²) >= 11 is -2.40. The Labute approximate surface area is 160 Å². The van der Waals surface area contributed by atoms with Gasteiger partial charge in [0.1, 0.15) is 0 Å². The quantitative estimate of drug-likeness (QED) is 0.467. The van der Waals surface area contributed by atoms with Crippen LogP contribution in [0.15, 0.2) is 42.0 Å². The number of fused-ring (bicyclic) bond motifs is 1. The van der Waals surface area contributed by atoms with Crippen LogP contribution >= 0.6 is 17.0 Å². The molecule has 125 valence electrons. The van der Waals surface area contributed by atoms with E-state index in [1.807, 2.05) is 0 Å². The molecule has 1 aliphatic rings. The van der Waals surface area contributed by atoms with Gasteiger partial charge in [0.2, 0.25) is 0 Å². The predicted octanol–water partition coefficient (Wildman–Crippen LogP) is 7.42. The number of halogens is 2. The van der Waals surface area contributed by atoms with E-state index in [1.165, 1.54) is 39.0 Å². The Hall–Kier alpha value is -0.357. The summed E-state index contributed by atoms with van der Waals surface area (Å²) < 4.78 is 0.291. The van der Waals surface area contributed by atoms with Crippen LogP contribution < -0.4 is 0 Å². The number of hydrogen-bond acceptors (Lipinski definition) is 0. The summed E-state index contributed by atoms with van der Waals surface area (Å²) in [7, 11) is 13.0. The Morgan fingerprint density at radius 2 is 1.79 bits per heavy atom. The average molecular weight is 438 g/mol. The van der Waals surface area contributed by atoms with E-state index in [9.17, 15) is 0 Å².